The van der Waals surface area contributed by atoms with E-state index >= 15 is 0 Å². The number of amides is 1. The summed E-state index contributed by atoms with van der Waals surface area (Å²) < 4.78 is 6.70. The van der Waals surface area contributed by atoms with E-state index in [0.717, 1.165) is 22.9 Å². The van der Waals surface area contributed by atoms with Gasteiger partial charge in [-0.2, -0.15) is 0 Å². The van der Waals surface area contributed by atoms with E-state index in [2.05, 4.69) is 15.9 Å². The van der Waals surface area contributed by atoms with Crippen LogP contribution >= 0.6 is 15.9 Å². The fourth-order valence-corrected chi connectivity index (χ4v) is 3.37. The van der Waals surface area contributed by atoms with E-state index in [1.165, 1.54) is 0 Å². The molecule has 1 fully saturated rings. The SMILES string of the molecule is CC1CCC(CCC(=O)N(CCC(=O)O)Cc2cccc(Br)c2)O1. The van der Waals surface area contributed by atoms with E-state index in [-0.39, 0.29) is 31.1 Å². The Morgan fingerprint density at radius 2 is 2.12 bits per heavy atom. The molecule has 0 aromatic heterocycles. The first kappa shape index (κ1) is 18.9. The fraction of sp³-hybridized carbons (Fsp3) is 0.556. The van der Waals surface area contributed by atoms with E-state index in [9.17, 15) is 9.59 Å². The van der Waals surface area contributed by atoms with Crippen molar-refractivity contribution in [3.63, 3.8) is 0 Å². The van der Waals surface area contributed by atoms with E-state index in [1.807, 2.05) is 31.2 Å². The van der Waals surface area contributed by atoms with Crippen molar-refractivity contribution in [2.45, 2.75) is 57.8 Å². The molecular weight excluding hydrogens is 374 g/mol. The second-order valence-electron chi connectivity index (χ2n) is 6.27. The van der Waals surface area contributed by atoms with Gasteiger partial charge in [-0.05, 0) is 43.9 Å². The van der Waals surface area contributed by atoms with Gasteiger partial charge in [0.25, 0.3) is 0 Å². The summed E-state index contributed by atoms with van der Waals surface area (Å²) in [5, 5.41) is 8.92. The van der Waals surface area contributed by atoms with Gasteiger partial charge in [-0.15, -0.1) is 0 Å². The third-order valence-electron chi connectivity index (χ3n) is 4.21. The number of carboxylic acid groups (broad SMARTS) is 1. The Bertz CT molecular complexity index is 578. The van der Waals surface area contributed by atoms with Crippen LogP contribution in [0.4, 0.5) is 0 Å². The number of benzene rings is 1. The van der Waals surface area contributed by atoms with Gasteiger partial charge in [0.1, 0.15) is 0 Å². The van der Waals surface area contributed by atoms with Crippen molar-refractivity contribution in [3.05, 3.63) is 34.3 Å². The van der Waals surface area contributed by atoms with Gasteiger partial charge >= 0.3 is 5.97 Å². The smallest absolute Gasteiger partial charge is 0.305 e. The molecule has 1 aliphatic rings. The number of hydrogen-bond acceptors (Lipinski definition) is 3. The molecule has 1 aromatic carbocycles. The Kier molecular flexibility index (Phi) is 7.24. The molecule has 2 rings (SSSR count). The molecule has 2 unspecified atom stereocenters. The summed E-state index contributed by atoms with van der Waals surface area (Å²) in [5.74, 6) is -0.908. The van der Waals surface area contributed by atoms with Crippen LogP contribution in [0.3, 0.4) is 0 Å². The average molecular weight is 398 g/mol. The van der Waals surface area contributed by atoms with Gasteiger partial charge < -0.3 is 14.7 Å². The third kappa shape index (κ3) is 6.24. The minimum atomic E-state index is -0.894. The summed E-state index contributed by atoms with van der Waals surface area (Å²) in [4.78, 5) is 25.1. The first-order chi connectivity index (χ1) is 11.4. The molecular formula is C18H24BrNO4. The van der Waals surface area contributed by atoms with Gasteiger partial charge in [0.15, 0.2) is 0 Å². The molecule has 1 aromatic rings. The highest BCUT2D eigenvalue weighted by Gasteiger charge is 2.23. The molecule has 0 bridgehead atoms. The lowest BCUT2D eigenvalue weighted by atomic mass is 10.1. The molecule has 1 aliphatic heterocycles. The number of ether oxygens (including phenoxy) is 1. The second-order valence-corrected chi connectivity index (χ2v) is 7.19. The zero-order valence-electron chi connectivity index (χ0n) is 13.9. The van der Waals surface area contributed by atoms with Gasteiger partial charge in [0.2, 0.25) is 5.91 Å². The molecule has 24 heavy (non-hydrogen) atoms. The first-order valence-electron chi connectivity index (χ1n) is 8.33. The molecule has 0 saturated carbocycles. The summed E-state index contributed by atoms with van der Waals surface area (Å²) in [7, 11) is 0. The Morgan fingerprint density at radius 1 is 1.33 bits per heavy atom. The zero-order valence-corrected chi connectivity index (χ0v) is 15.5. The van der Waals surface area contributed by atoms with Crippen molar-refractivity contribution in [2.24, 2.45) is 0 Å². The number of aliphatic carboxylic acids is 1. The van der Waals surface area contributed by atoms with Gasteiger partial charge in [-0.3, -0.25) is 9.59 Å². The number of nitrogens with zero attached hydrogens (tertiary/aromatic N) is 1. The van der Waals surface area contributed by atoms with E-state index in [4.69, 9.17) is 9.84 Å². The normalized spacial score (nSPS) is 20.1. The van der Waals surface area contributed by atoms with Crippen molar-refractivity contribution < 1.29 is 19.4 Å². The quantitative estimate of drug-likeness (QED) is 0.727. The predicted molar refractivity (Wildman–Crippen MR) is 94.6 cm³/mol. The summed E-state index contributed by atoms with van der Waals surface area (Å²) in [6, 6.07) is 7.72. The molecule has 2 atom stereocenters. The number of halogens is 1. The number of hydrogen-bond donors (Lipinski definition) is 1. The van der Waals surface area contributed by atoms with Crippen molar-refractivity contribution in [2.75, 3.05) is 6.54 Å². The molecule has 1 amide bonds. The average Bonchev–Trinajstić information content (AvgIpc) is 2.94. The lowest BCUT2D eigenvalue weighted by Gasteiger charge is -2.23. The van der Waals surface area contributed by atoms with Crippen molar-refractivity contribution in [1.82, 2.24) is 4.90 Å². The standard InChI is InChI=1S/C18H24BrNO4/c1-13-5-6-16(24-13)7-8-17(21)20(10-9-18(22)23)12-14-3-2-4-15(19)11-14/h2-4,11,13,16H,5-10,12H2,1H3,(H,22,23). The monoisotopic (exact) mass is 397 g/mol. The lowest BCUT2D eigenvalue weighted by molar-refractivity contribution is -0.139. The topological polar surface area (TPSA) is 66.8 Å². The molecule has 1 saturated heterocycles. The van der Waals surface area contributed by atoms with Crippen molar-refractivity contribution in [3.8, 4) is 0 Å². The van der Waals surface area contributed by atoms with Crippen LogP contribution in [0.2, 0.25) is 0 Å². The zero-order chi connectivity index (χ0) is 17.5. The predicted octanol–water partition coefficient (Wildman–Crippen LogP) is 3.60. The second kappa shape index (κ2) is 9.18. The van der Waals surface area contributed by atoms with Crippen LogP contribution in [0.1, 0.15) is 44.6 Å². The minimum Gasteiger partial charge on any atom is -0.481 e. The van der Waals surface area contributed by atoms with E-state index in [0.29, 0.717) is 19.4 Å². The van der Waals surface area contributed by atoms with Crippen LogP contribution in [0.15, 0.2) is 28.7 Å². The third-order valence-corrected chi connectivity index (χ3v) is 4.70. The largest absolute Gasteiger partial charge is 0.481 e. The lowest BCUT2D eigenvalue weighted by Crippen LogP contribution is -2.33. The highest BCUT2D eigenvalue weighted by atomic mass is 79.9. The van der Waals surface area contributed by atoms with Gasteiger partial charge in [0.05, 0.1) is 18.6 Å². The van der Waals surface area contributed by atoms with Gasteiger partial charge in [-0.1, -0.05) is 28.1 Å². The molecule has 1 heterocycles. The fourth-order valence-electron chi connectivity index (χ4n) is 2.92. The molecule has 6 heteroatoms. The summed E-state index contributed by atoms with van der Waals surface area (Å²) in [6.45, 7) is 2.70. The number of rotatable bonds is 8. The minimum absolute atomic E-state index is 0.0145. The highest BCUT2D eigenvalue weighted by molar-refractivity contribution is 9.10. The van der Waals surface area contributed by atoms with Crippen LogP contribution in [0.25, 0.3) is 0 Å². The molecule has 1 N–H and O–H groups in total. The number of carboxylic acids is 1. The van der Waals surface area contributed by atoms with E-state index in [1.54, 1.807) is 4.90 Å². The van der Waals surface area contributed by atoms with Crippen LogP contribution in [-0.4, -0.2) is 40.6 Å². The Hall–Kier alpha value is -1.40. The van der Waals surface area contributed by atoms with E-state index < -0.39 is 5.97 Å². The summed E-state index contributed by atoms with van der Waals surface area (Å²) in [5.41, 5.74) is 0.980. The van der Waals surface area contributed by atoms with Crippen LogP contribution in [-0.2, 0) is 20.9 Å². The number of carbonyl (C=O) groups is 2. The molecule has 132 valence electrons. The van der Waals surface area contributed by atoms with Gasteiger partial charge in [0, 0.05) is 24.0 Å². The molecule has 0 aliphatic carbocycles. The maximum Gasteiger partial charge on any atom is 0.305 e. The Morgan fingerprint density at radius 3 is 2.75 bits per heavy atom. The summed E-state index contributed by atoms with van der Waals surface area (Å²) in [6.07, 6.45) is 3.51. The van der Waals surface area contributed by atoms with Gasteiger partial charge in [-0.25, -0.2) is 0 Å². The van der Waals surface area contributed by atoms with Crippen LogP contribution in [0.5, 0.6) is 0 Å². The van der Waals surface area contributed by atoms with Crippen LogP contribution < -0.4 is 0 Å². The number of carbonyl (C=O) groups excluding carboxylic acids is 1. The maximum atomic E-state index is 12.5. The molecule has 5 nitrogen and oxygen atoms in total. The first-order valence-corrected chi connectivity index (χ1v) is 9.13. The van der Waals surface area contributed by atoms with Crippen LogP contribution in [0, 0.1) is 0 Å². The maximum absolute atomic E-state index is 12.5. The van der Waals surface area contributed by atoms with Crippen molar-refractivity contribution in [1.29, 1.82) is 0 Å². The Balaban J connectivity index is 1.93. The molecule has 0 spiro atoms. The Labute approximate surface area is 151 Å². The van der Waals surface area contributed by atoms with Crippen molar-refractivity contribution >= 4 is 27.8 Å². The summed E-state index contributed by atoms with van der Waals surface area (Å²) >= 11 is 3.42. The molecule has 0 radical (unpaired) electrons. The highest BCUT2D eigenvalue weighted by Crippen LogP contribution is 2.23.